The summed E-state index contributed by atoms with van der Waals surface area (Å²) in [6.45, 7) is 5.46. The average Bonchev–Trinajstić information content (AvgIpc) is 3.26. The van der Waals surface area contributed by atoms with Crippen molar-refractivity contribution in [2.45, 2.75) is 45.3 Å². The Morgan fingerprint density at radius 3 is 2.22 bits per heavy atom. The third-order valence-electron chi connectivity index (χ3n) is 6.12. The Bertz CT molecular complexity index is 1370. The fourth-order valence-electron chi connectivity index (χ4n) is 3.83. The summed E-state index contributed by atoms with van der Waals surface area (Å²) in [5.74, 6) is -1.88. The Hall–Kier alpha value is -4.14. The van der Waals surface area contributed by atoms with Gasteiger partial charge in [-0.1, -0.05) is 36.4 Å². The first kappa shape index (κ1) is 25.0. The molecule has 0 spiro atoms. The summed E-state index contributed by atoms with van der Waals surface area (Å²) in [7, 11) is 0. The lowest BCUT2D eigenvalue weighted by Crippen LogP contribution is -2.51. The quantitative estimate of drug-likeness (QED) is 0.384. The summed E-state index contributed by atoms with van der Waals surface area (Å²) in [5.41, 5.74) is 1.43. The molecule has 0 saturated carbocycles. The van der Waals surface area contributed by atoms with E-state index in [0.717, 1.165) is 0 Å². The summed E-state index contributed by atoms with van der Waals surface area (Å²) in [5, 5.41) is 11.2. The number of hydrogen-bond acceptors (Lipinski definition) is 4. The maximum Gasteiger partial charge on any atom is 0.249 e. The number of hydrogen-bond donors (Lipinski definition) is 1. The van der Waals surface area contributed by atoms with Crippen LogP contribution in [0.3, 0.4) is 0 Å². The molecule has 1 atom stereocenters. The number of rotatable bonds is 8. The highest BCUT2D eigenvalue weighted by Crippen LogP contribution is 2.30. The van der Waals surface area contributed by atoms with Crippen molar-refractivity contribution in [1.29, 1.82) is 0 Å². The van der Waals surface area contributed by atoms with E-state index < -0.39 is 35.0 Å². The molecule has 0 aliphatic heterocycles. The van der Waals surface area contributed by atoms with E-state index >= 15 is 0 Å². The molecular weight excluding hydrogens is 464 g/mol. The van der Waals surface area contributed by atoms with E-state index in [9.17, 15) is 18.4 Å². The first-order chi connectivity index (χ1) is 17.2. The number of fused-ring (bicyclic) bond motifs is 1. The normalized spacial score (nSPS) is 12.4. The van der Waals surface area contributed by atoms with Crippen LogP contribution in [0.1, 0.15) is 38.8 Å². The van der Waals surface area contributed by atoms with E-state index in [2.05, 4.69) is 15.6 Å². The number of nitrogens with zero attached hydrogens (tertiary/aromatic N) is 4. The van der Waals surface area contributed by atoms with Crippen LogP contribution in [0.5, 0.6) is 0 Å². The van der Waals surface area contributed by atoms with Crippen LogP contribution < -0.4 is 10.2 Å². The zero-order valence-corrected chi connectivity index (χ0v) is 20.3. The molecule has 9 heteroatoms. The van der Waals surface area contributed by atoms with Crippen molar-refractivity contribution in [3.63, 3.8) is 0 Å². The minimum absolute atomic E-state index is 0.222. The second-order valence-corrected chi connectivity index (χ2v) is 9.16. The van der Waals surface area contributed by atoms with Gasteiger partial charge in [0, 0.05) is 11.2 Å². The van der Waals surface area contributed by atoms with E-state index in [1.807, 2.05) is 32.9 Å². The molecule has 4 aromatic rings. The van der Waals surface area contributed by atoms with Crippen molar-refractivity contribution in [2.75, 3.05) is 4.90 Å². The fraction of sp³-hybridized carbons (Fsp3) is 0.259. The fourth-order valence-corrected chi connectivity index (χ4v) is 3.83. The topological polar surface area (TPSA) is 80.1 Å². The highest BCUT2D eigenvalue weighted by Gasteiger charge is 2.35. The van der Waals surface area contributed by atoms with Crippen LogP contribution in [0.15, 0.2) is 72.8 Å². The Morgan fingerprint density at radius 2 is 1.58 bits per heavy atom. The van der Waals surface area contributed by atoms with Crippen molar-refractivity contribution in [3.05, 3.63) is 90.0 Å². The van der Waals surface area contributed by atoms with Crippen molar-refractivity contribution >= 4 is 28.5 Å². The molecule has 1 N–H and O–H groups in total. The maximum absolute atomic E-state index is 13.9. The lowest BCUT2D eigenvalue weighted by atomic mass is 9.98. The van der Waals surface area contributed by atoms with E-state index in [1.165, 1.54) is 58.1 Å². The molecule has 1 heterocycles. The predicted molar refractivity (Wildman–Crippen MR) is 133 cm³/mol. The Kier molecular flexibility index (Phi) is 7.10. The van der Waals surface area contributed by atoms with Gasteiger partial charge in [-0.3, -0.25) is 14.5 Å². The minimum atomic E-state index is -1.15. The monoisotopic (exact) mass is 491 g/mol. The molecule has 4 rings (SSSR count). The van der Waals surface area contributed by atoms with Crippen LogP contribution in [0, 0.1) is 11.6 Å². The van der Waals surface area contributed by atoms with E-state index in [-0.39, 0.29) is 6.54 Å². The highest BCUT2D eigenvalue weighted by molar-refractivity contribution is 6.01. The summed E-state index contributed by atoms with van der Waals surface area (Å²) < 4.78 is 29.0. The average molecular weight is 492 g/mol. The molecular formula is C27H27F2N5O2. The van der Waals surface area contributed by atoms with Gasteiger partial charge < -0.3 is 5.32 Å². The van der Waals surface area contributed by atoms with Gasteiger partial charge in [0.05, 0.1) is 5.52 Å². The largest absolute Gasteiger partial charge is 0.349 e. The van der Waals surface area contributed by atoms with Crippen molar-refractivity contribution in [1.82, 2.24) is 20.3 Å². The molecule has 1 aromatic heterocycles. The number of para-hydroxylation sites is 1. The van der Waals surface area contributed by atoms with E-state index in [1.54, 1.807) is 12.1 Å². The summed E-state index contributed by atoms with van der Waals surface area (Å²) in [6, 6.07) is 16.8. The number of halogens is 2. The second kappa shape index (κ2) is 10.2. The van der Waals surface area contributed by atoms with Gasteiger partial charge in [0.25, 0.3) is 0 Å². The number of benzene rings is 3. The number of anilines is 1. The molecule has 0 aliphatic carbocycles. The number of amides is 2. The van der Waals surface area contributed by atoms with Gasteiger partial charge in [-0.25, -0.2) is 13.5 Å². The van der Waals surface area contributed by atoms with Crippen LogP contribution in [0.25, 0.3) is 11.0 Å². The predicted octanol–water partition coefficient (Wildman–Crippen LogP) is 4.79. The standard InChI is InChI=1S/C27H27F2N5O2/c1-4-27(2,3)30-26(36)25(18-9-11-19(28)12-10-18)34(21-15-13-20(29)14-16-21)24(35)17-33-23-8-6-5-7-22(23)31-32-33/h5-16,25H,4,17H2,1-3H3,(H,30,36)/t25-/m1/s1. The molecule has 3 aromatic carbocycles. The molecule has 0 saturated heterocycles. The van der Waals surface area contributed by atoms with Gasteiger partial charge in [0.15, 0.2) is 0 Å². The lowest BCUT2D eigenvalue weighted by Gasteiger charge is -2.34. The van der Waals surface area contributed by atoms with Crippen LogP contribution >= 0.6 is 0 Å². The Balaban J connectivity index is 1.81. The zero-order chi connectivity index (χ0) is 25.9. The third-order valence-corrected chi connectivity index (χ3v) is 6.12. The SMILES string of the molecule is CCC(C)(C)NC(=O)[C@@H](c1ccc(F)cc1)N(C(=O)Cn1nnc2ccccc21)c1ccc(F)cc1. The van der Waals surface area contributed by atoms with Gasteiger partial charge >= 0.3 is 0 Å². The Morgan fingerprint density at radius 1 is 0.972 bits per heavy atom. The Labute approximate surface area is 207 Å². The molecule has 2 amide bonds. The highest BCUT2D eigenvalue weighted by atomic mass is 19.1. The molecule has 186 valence electrons. The first-order valence-electron chi connectivity index (χ1n) is 11.6. The van der Waals surface area contributed by atoms with Crippen molar-refractivity contribution in [3.8, 4) is 0 Å². The number of nitrogens with one attached hydrogen (secondary N) is 1. The summed E-state index contributed by atoms with van der Waals surface area (Å²) >= 11 is 0. The van der Waals surface area contributed by atoms with Crippen molar-refractivity contribution < 1.29 is 18.4 Å². The van der Waals surface area contributed by atoms with Gasteiger partial charge in [-0.2, -0.15) is 0 Å². The molecule has 0 unspecified atom stereocenters. The van der Waals surface area contributed by atoms with Gasteiger partial charge in [-0.05, 0) is 74.4 Å². The van der Waals surface area contributed by atoms with Crippen LogP contribution in [0.4, 0.5) is 14.5 Å². The number of carbonyl (C=O) groups excluding carboxylic acids is 2. The van der Waals surface area contributed by atoms with Crippen LogP contribution in [-0.4, -0.2) is 32.3 Å². The molecule has 0 aliphatic rings. The smallest absolute Gasteiger partial charge is 0.249 e. The first-order valence-corrected chi connectivity index (χ1v) is 11.6. The van der Waals surface area contributed by atoms with E-state index in [0.29, 0.717) is 28.7 Å². The molecule has 36 heavy (non-hydrogen) atoms. The van der Waals surface area contributed by atoms with Crippen molar-refractivity contribution in [2.24, 2.45) is 0 Å². The maximum atomic E-state index is 13.9. The third kappa shape index (κ3) is 5.40. The van der Waals surface area contributed by atoms with Crippen LogP contribution in [-0.2, 0) is 16.1 Å². The van der Waals surface area contributed by atoms with Gasteiger partial charge in [-0.15, -0.1) is 5.10 Å². The summed E-state index contributed by atoms with van der Waals surface area (Å²) in [4.78, 5) is 28.8. The second-order valence-electron chi connectivity index (χ2n) is 9.16. The van der Waals surface area contributed by atoms with Gasteiger partial charge in [0.1, 0.15) is 29.7 Å². The summed E-state index contributed by atoms with van der Waals surface area (Å²) in [6.07, 6.45) is 0.643. The zero-order valence-electron chi connectivity index (χ0n) is 20.3. The molecule has 0 fully saturated rings. The minimum Gasteiger partial charge on any atom is -0.349 e. The number of aromatic nitrogens is 3. The van der Waals surface area contributed by atoms with Crippen LogP contribution in [0.2, 0.25) is 0 Å². The lowest BCUT2D eigenvalue weighted by molar-refractivity contribution is -0.128. The molecule has 0 bridgehead atoms. The molecule has 0 radical (unpaired) electrons. The van der Waals surface area contributed by atoms with E-state index in [4.69, 9.17) is 0 Å². The number of carbonyl (C=O) groups is 2. The van der Waals surface area contributed by atoms with Gasteiger partial charge in [0.2, 0.25) is 11.8 Å². The molecule has 7 nitrogen and oxygen atoms in total.